The Kier molecular flexibility index (Phi) is 3.80. The first kappa shape index (κ1) is 13.9. The van der Waals surface area contributed by atoms with Crippen molar-refractivity contribution in [3.05, 3.63) is 29.3 Å². The van der Waals surface area contributed by atoms with Gasteiger partial charge in [-0.3, -0.25) is 4.79 Å². The Morgan fingerprint density at radius 1 is 1.47 bits per heavy atom. The van der Waals surface area contributed by atoms with Gasteiger partial charge in [-0.25, -0.2) is 0 Å². The zero-order chi connectivity index (χ0) is 14.0. The lowest BCUT2D eigenvalue weighted by atomic mass is 9.95. The number of hydrogen-bond donors (Lipinski definition) is 1. The van der Waals surface area contributed by atoms with Gasteiger partial charge in [0, 0.05) is 0 Å². The fourth-order valence-corrected chi connectivity index (χ4v) is 2.26. The molecule has 4 heteroatoms. The van der Waals surface area contributed by atoms with Crippen molar-refractivity contribution < 1.29 is 19.4 Å². The normalized spacial score (nSPS) is 18.0. The maximum absolute atomic E-state index is 11.5. The summed E-state index contributed by atoms with van der Waals surface area (Å²) < 4.78 is 10.4. The molecule has 1 aromatic carbocycles. The molecule has 1 aliphatic carbocycles. The van der Waals surface area contributed by atoms with Crippen LogP contribution in [0.5, 0.6) is 5.75 Å². The number of carbonyl (C=O) groups excluding carboxylic acids is 1. The van der Waals surface area contributed by atoms with Crippen molar-refractivity contribution in [3.8, 4) is 5.75 Å². The van der Waals surface area contributed by atoms with E-state index in [1.165, 1.54) is 7.11 Å². The molecule has 0 aliphatic heterocycles. The Bertz CT molecular complexity index is 479. The molecule has 0 fully saturated rings. The van der Waals surface area contributed by atoms with E-state index in [1.54, 1.807) is 13.8 Å². The second-order valence-corrected chi connectivity index (χ2v) is 5.58. The van der Waals surface area contributed by atoms with Crippen molar-refractivity contribution in [2.75, 3.05) is 13.7 Å². The fourth-order valence-electron chi connectivity index (χ4n) is 2.26. The number of ether oxygens (including phenoxy) is 2. The Hall–Kier alpha value is -1.55. The van der Waals surface area contributed by atoms with Crippen LogP contribution in [0.3, 0.4) is 0 Å². The molecule has 1 atom stereocenters. The Labute approximate surface area is 113 Å². The second-order valence-electron chi connectivity index (χ2n) is 5.58. The highest BCUT2D eigenvalue weighted by Crippen LogP contribution is 2.33. The Morgan fingerprint density at radius 2 is 2.21 bits per heavy atom. The molecule has 0 unspecified atom stereocenters. The number of rotatable bonds is 4. The number of methoxy groups -OCH3 is 1. The number of esters is 1. The van der Waals surface area contributed by atoms with Gasteiger partial charge in [0.05, 0.1) is 18.6 Å². The highest BCUT2D eigenvalue weighted by atomic mass is 16.5. The van der Waals surface area contributed by atoms with E-state index in [0.29, 0.717) is 0 Å². The maximum atomic E-state index is 11.5. The smallest absolute Gasteiger partial charge is 0.314 e. The molecule has 0 aromatic heterocycles. The zero-order valence-electron chi connectivity index (χ0n) is 11.6. The number of aryl methyl sites for hydroxylation is 1. The average Bonchev–Trinajstić information content (AvgIpc) is 2.77. The molecule has 2 rings (SSSR count). The summed E-state index contributed by atoms with van der Waals surface area (Å²) in [6.07, 6.45) is 1.29. The largest absolute Gasteiger partial charge is 0.492 e. The lowest BCUT2D eigenvalue weighted by Crippen LogP contribution is -2.32. The number of benzene rings is 1. The molecule has 19 heavy (non-hydrogen) atoms. The molecule has 4 nitrogen and oxygen atoms in total. The number of hydrogen-bond acceptors (Lipinski definition) is 4. The van der Waals surface area contributed by atoms with Crippen LogP contribution in [-0.4, -0.2) is 24.8 Å². The number of aliphatic hydroxyl groups excluding tert-OH is 1. The van der Waals surface area contributed by atoms with Crippen molar-refractivity contribution in [3.63, 3.8) is 0 Å². The maximum Gasteiger partial charge on any atom is 0.314 e. The van der Waals surface area contributed by atoms with Gasteiger partial charge in [0.1, 0.15) is 12.4 Å². The standard InChI is InChI=1S/C15H20O4/c1-15(2,14(17)18-3)9-19-11-5-6-12-10(8-11)4-7-13(12)16/h5-6,8,13,16H,4,7,9H2,1-3H3/t13-/m1/s1. The van der Waals surface area contributed by atoms with Gasteiger partial charge in [0.25, 0.3) is 0 Å². The van der Waals surface area contributed by atoms with Gasteiger partial charge in [-0.2, -0.15) is 0 Å². The van der Waals surface area contributed by atoms with Crippen molar-refractivity contribution in [1.29, 1.82) is 0 Å². The van der Waals surface area contributed by atoms with E-state index in [-0.39, 0.29) is 18.7 Å². The van der Waals surface area contributed by atoms with Crippen LogP contribution in [0.1, 0.15) is 37.5 Å². The van der Waals surface area contributed by atoms with Crippen LogP contribution in [0, 0.1) is 5.41 Å². The molecule has 0 saturated carbocycles. The van der Waals surface area contributed by atoms with Crippen molar-refractivity contribution in [2.24, 2.45) is 5.41 Å². The molecule has 0 heterocycles. The number of fused-ring (bicyclic) bond motifs is 1. The molecular weight excluding hydrogens is 244 g/mol. The molecule has 0 amide bonds. The third-order valence-corrected chi connectivity index (χ3v) is 3.50. The van der Waals surface area contributed by atoms with Crippen molar-refractivity contribution in [2.45, 2.75) is 32.8 Å². The summed E-state index contributed by atoms with van der Waals surface area (Å²) in [4.78, 5) is 11.5. The van der Waals surface area contributed by atoms with Crippen molar-refractivity contribution in [1.82, 2.24) is 0 Å². The minimum Gasteiger partial charge on any atom is -0.492 e. The van der Waals surface area contributed by atoms with Crippen LogP contribution in [0.15, 0.2) is 18.2 Å². The molecule has 0 bridgehead atoms. The summed E-state index contributed by atoms with van der Waals surface area (Å²) in [6.45, 7) is 3.84. The highest BCUT2D eigenvalue weighted by molar-refractivity contribution is 5.75. The predicted molar refractivity (Wildman–Crippen MR) is 71.0 cm³/mol. The van der Waals surface area contributed by atoms with Gasteiger partial charge in [-0.1, -0.05) is 6.07 Å². The van der Waals surface area contributed by atoms with Gasteiger partial charge >= 0.3 is 5.97 Å². The van der Waals surface area contributed by atoms with E-state index in [1.807, 2.05) is 18.2 Å². The topological polar surface area (TPSA) is 55.8 Å². The second kappa shape index (κ2) is 5.21. The number of carbonyl (C=O) groups is 1. The van der Waals surface area contributed by atoms with Gasteiger partial charge < -0.3 is 14.6 Å². The summed E-state index contributed by atoms with van der Waals surface area (Å²) in [5.74, 6) is 0.439. The van der Waals surface area contributed by atoms with Gasteiger partial charge in [-0.05, 0) is 49.9 Å². The van der Waals surface area contributed by atoms with Crippen LogP contribution in [-0.2, 0) is 16.0 Å². The van der Waals surface area contributed by atoms with E-state index in [9.17, 15) is 9.90 Å². The first-order chi connectivity index (χ1) is 8.94. The average molecular weight is 264 g/mol. The van der Waals surface area contributed by atoms with Crippen LogP contribution < -0.4 is 4.74 Å². The SMILES string of the molecule is COC(=O)C(C)(C)COc1ccc2c(c1)CC[C@H]2O. The van der Waals surface area contributed by atoms with Gasteiger partial charge in [-0.15, -0.1) is 0 Å². The molecule has 0 saturated heterocycles. The zero-order valence-corrected chi connectivity index (χ0v) is 11.6. The molecule has 1 aromatic rings. The molecule has 0 spiro atoms. The summed E-state index contributed by atoms with van der Waals surface area (Å²) >= 11 is 0. The summed E-state index contributed by atoms with van der Waals surface area (Å²) in [7, 11) is 1.38. The quantitative estimate of drug-likeness (QED) is 0.847. The monoisotopic (exact) mass is 264 g/mol. The van der Waals surface area contributed by atoms with Gasteiger partial charge in [0.2, 0.25) is 0 Å². The lowest BCUT2D eigenvalue weighted by Gasteiger charge is -2.21. The van der Waals surface area contributed by atoms with Crippen molar-refractivity contribution >= 4 is 5.97 Å². The van der Waals surface area contributed by atoms with Crippen LogP contribution in [0.4, 0.5) is 0 Å². The molecule has 104 valence electrons. The summed E-state index contributed by atoms with van der Waals surface area (Å²) in [5.41, 5.74) is 1.44. The predicted octanol–water partition coefficient (Wildman–Crippen LogP) is 2.24. The molecule has 1 N–H and O–H groups in total. The first-order valence-electron chi connectivity index (χ1n) is 6.46. The molecular formula is C15H20O4. The minimum atomic E-state index is -0.673. The highest BCUT2D eigenvalue weighted by Gasteiger charge is 2.30. The van der Waals surface area contributed by atoms with Crippen LogP contribution in [0.2, 0.25) is 0 Å². The number of aliphatic hydroxyl groups is 1. The summed E-state index contributed by atoms with van der Waals surface area (Å²) in [6, 6.07) is 5.67. The van der Waals surface area contributed by atoms with Gasteiger partial charge in [0.15, 0.2) is 0 Å². The van der Waals surface area contributed by atoms with Crippen LogP contribution >= 0.6 is 0 Å². The van der Waals surface area contributed by atoms with E-state index in [0.717, 1.165) is 29.7 Å². The fraction of sp³-hybridized carbons (Fsp3) is 0.533. The first-order valence-corrected chi connectivity index (χ1v) is 6.46. The summed E-state index contributed by atoms with van der Waals surface area (Å²) in [5, 5.41) is 9.73. The third kappa shape index (κ3) is 2.89. The third-order valence-electron chi connectivity index (χ3n) is 3.50. The lowest BCUT2D eigenvalue weighted by molar-refractivity contribution is -0.152. The van der Waals surface area contributed by atoms with Crippen LogP contribution in [0.25, 0.3) is 0 Å². The molecule has 0 radical (unpaired) electrons. The van der Waals surface area contributed by atoms with E-state index < -0.39 is 5.41 Å². The Balaban J connectivity index is 2.03. The van der Waals surface area contributed by atoms with E-state index in [2.05, 4.69) is 0 Å². The van der Waals surface area contributed by atoms with E-state index in [4.69, 9.17) is 9.47 Å². The van der Waals surface area contributed by atoms with E-state index >= 15 is 0 Å². The Morgan fingerprint density at radius 3 is 2.89 bits per heavy atom. The molecule has 1 aliphatic rings. The minimum absolute atomic E-state index is 0.265.